The second-order valence-corrected chi connectivity index (χ2v) is 7.42. The summed E-state index contributed by atoms with van der Waals surface area (Å²) >= 11 is 6.33. The van der Waals surface area contributed by atoms with Gasteiger partial charge in [0.25, 0.3) is 0 Å². The maximum Gasteiger partial charge on any atom is 0.144 e. The zero-order chi connectivity index (χ0) is 12.5. The summed E-state index contributed by atoms with van der Waals surface area (Å²) in [5, 5.41) is 0.429. The van der Waals surface area contributed by atoms with E-state index in [1.165, 1.54) is 64.6 Å². The van der Waals surface area contributed by atoms with Crippen molar-refractivity contribution < 1.29 is 4.90 Å². The van der Waals surface area contributed by atoms with Crippen LogP contribution in [0.3, 0.4) is 0 Å². The van der Waals surface area contributed by atoms with Gasteiger partial charge >= 0.3 is 0 Å². The molecule has 0 aromatic heterocycles. The Morgan fingerprint density at radius 1 is 1.06 bits per heavy atom. The Morgan fingerprint density at radius 2 is 1.83 bits per heavy atom. The van der Waals surface area contributed by atoms with Crippen LogP contribution in [0, 0.1) is 5.92 Å². The Hall–Kier alpha value is 0.210. The van der Waals surface area contributed by atoms with Gasteiger partial charge < -0.3 is 4.90 Å². The van der Waals surface area contributed by atoms with Gasteiger partial charge in [0.05, 0.1) is 24.5 Å². The first kappa shape index (κ1) is 13.2. The second kappa shape index (κ2) is 5.68. The third-order valence-corrected chi connectivity index (χ3v) is 5.80. The molecule has 4 atom stereocenters. The molecule has 0 spiro atoms. The predicted molar refractivity (Wildman–Crippen MR) is 76.1 cm³/mol. The van der Waals surface area contributed by atoms with Crippen molar-refractivity contribution in [3.05, 3.63) is 0 Å². The highest BCUT2D eigenvalue weighted by Gasteiger charge is 2.44. The molecule has 3 rings (SSSR count). The predicted octanol–water partition coefficient (Wildman–Crippen LogP) is 1.88. The fraction of sp³-hybridized carbons (Fsp3) is 1.00. The lowest BCUT2D eigenvalue weighted by Crippen LogP contribution is -3.16. The molecule has 104 valence electrons. The number of quaternary nitrogens is 1. The Morgan fingerprint density at radius 3 is 2.61 bits per heavy atom. The van der Waals surface area contributed by atoms with E-state index in [1.54, 1.807) is 4.90 Å². The first-order chi connectivity index (χ1) is 8.74. The quantitative estimate of drug-likeness (QED) is 0.754. The topological polar surface area (TPSA) is 7.68 Å². The minimum Gasteiger partial charge on any atom is -0.317 e. The number of nitrogens with one attached hydrogen (secondary N) is 1. The molecule has 0 radical (unpaired) electrons. The fourth-order valence-electron chi connectivity index (χ4n) is 4.46. The van der Waals surface area contributed by atoms with Crippen molar-refractivity contribution in [2.75, 3.05) is 19.6 Å². The first-order valence-corrected chi connectivity index (χ1v) is 8.42. The highest BCUT2D eigenvalue weighted by atomic mass is 35.5. The third kappa shape index (κ3) is 2.71. The summed E-state index contributed by atoms with van der Waals surface area (Å²) in [6.45, 7) is 6.30. The molecule has 2 nitrogen and oxygen atoms in total. The van der Waals surface area contributed by atoms with Gasteiger partial charge in [-0.15, -0.1) is 11.6 Å². The van der Waals surface area contributed by atoms with Gasteiger partial charge in [0, 0.05) is 13.0 Å². The fourth-order valence-corrected chi connectivity index (χ4v) is 4.79. The van der Waals surface area contributed by atoms with E-state index in [9.17, 15) is 0 Å². The van der Waals surface area contributed by atoms with Gasteiger partial charge in [-0.1, -0.05) is 19.3 Å². The molecular weight excluding hydrogens is 244 g/mol. The van der Waals surface area contributed by atoms with Crippen LogP contribution in [-0.2, 0) is 0 Å². The van der Waals surface area contributed by atoms with Crippen molar-refractivity contribution in [1.29, 1.82) is 0 Å². The summed E-state index contributed by atoms with van der Waals surface area (Å²) in [6, 6.07) is 0.772. The molecule has 1 N–H and O–H groups in total. The Bertz CT molecular complexity index is 278. The number of hydrogen-bond acceptors (Lipinski definition) is 1. The summed E-state index contributed by atoms with van der Waals surface area (Å²) in [5.41, 5.74) is 0. The molecule has 3 aliphatic rings. The first-order valence-electron chi connectivity index (χ1n) is 7.98. The lowest BCUT2D eigenvalue weighted by atomic mass is 9.88. The van der Waals surface area contributed by atoms with Gasteiger partial charge in [-0.05, 0) is 32.1 Å². The molecule has 3 heteroatoms. The maximum absolute atomic E-state index is 6.33. The second-order valence-electron chi connectivity index (χ2n) is 6.81. The molecule has 2 aliphatic heterocycles. The number of halogens is 1. The zero-order valence-electron chi connectivity index (χ0n) is 11.7. The van der Waals surface area contributed by atoms with Gasteiger partial charge in [-0.3, -0.25) is 0 Å². The van der Waals surface area contributed by atoms with Gasteiger partial charge in [0.2, 0.25) is 0 Å². The van der Waals surface area contributed by atoms with E-state index in [2.05, 4.69) is 11.8 Å². The van der Waals surface area contributed by atoms with Gasteiger partial charge in [-0.2, -0.15) is 0 Å². The minimum atomic E-state index is 0.429. The van der Waals surface area contributed by atoms with Crippen LogP contribution in [0.4, 0.5) is 0 Å². The largest absolute Gasteiger partial charge is 0.317 e. The van der Waals surface area contributed by atoms with Crippen LogP contribution in [-0.4, -0.2) is 42.1 Å². The number of alkyl halides is 1. The molecule has 2 saturated heterocycles. The number of piperidine rings is 1. The van der Waals surface area contributed by atoms with Crippen molar-refractivity contribution in [2.45, 2.75) is 69.5 Å². The summed E-state index contributed by atoms with van der Waals surface area (Å²) < 4.78 is 0. The van der Waals surface area contributed by atoms with Crippen LogP contribution in [0.25, 0.3) is 0 Å². The van der Waals surface area contributed by atoms with Gasteiger partial charge in [0.15, 0.2) is 0 Å². The molecular formula is C15H28ClN2+. The standard InChI is InChI=1S/C15H27ClN2/c1-12-9-17-11-14(16)7-8-15(17)18(12)10-13-5-3-2-4-6-13/h12-15H,2-11H2,1H3/p+1. The number of rotatable bonds is 2. The van der Waals surface area contributed by atoms with E-state index in [1.807, 2.05) is 0 Å². The van der Waals surface area contributed by atoms with E-state index < -0.39 is 0 Å². The molecule has 18 heavy (non-hydrogen) atoms. The molecule has 0 amide bonds. The zero-order valence-corrected chi connectivity index (χ0v) is 12.5. The number of hydrogen-bond donors (Lipinski definition) is 1. The highest BCUT2D eigenvalue weighted by molar-refractivity contribution is 6.20. The monoisotopic (exact) mass is 271 g/mol. The van der Waals surface area contributed by atoms with Gasteiger partial charge in [-0.25, -0.2) is 4.90 Å². The van der Waals surface area contributed by atoms with E-state index in [4.69, 9.17) is 11.6 Å². The number of nitrogens with zero attached hydrogens (tertiary/aromatic N) is 1. The van der Waals surface area contributed by atoms with Crippen LogP contribution < -0.4 is 4.90 Å². The normalized spacial score (nSPS) is 43.0. The Labute approximate surface area is 117 Å². The summed E-state index contributed by atoms with van der Waals surface area (Å²) in [4.78, 5) is 4.60. The summed E-state index contributed by atoms with van der Waals surface area (Å²) in [6.07, 6.45) is 10.7. The smallest absolute Gasteiger partial charge is 0.144 e. The lowest BCUT2D eigenvalue weighted by Gasteiger charge is -2.35. The third-order valence-electron chi connectivity index (χ3n) is 5.43. The van der Waals surface area contributed by atoms with E-state index in [0.29, 0.717) is 5.38 Å². The van der Waals surface area contributed by atoms with Gasteiger partial charge in [0.1, 0.15) is 6.17 Å². The van der Waals surface area contributed by atoms with Crippen LogP contribution in [0.15, 0.2) is 0 Å². The highest BCUT2D eigenvalue weighted by Crippen LogP contribution is 2.27. The molecule has 0 aromatic rings. The van der Waals surface area contributed by atoms with Crippen molar-refractivity contribution in [3.8, 4) is 0 Å². The van der Waals surface area contributed by atoms with Crippen molar-refractivity contribution >= 4 is 11.6 Å². The molecule has 0 bridgehead atoms. The van der Waals surface area contributed by atoms with Crippen molar-refractivity contribution in [1.82, 2.24) is 4.90 Å². The molecule has 1 aliphatic carbocycles. The van der Waals surface area contributed by atoms with E-state index in [0.717, 1.165) is 18.1 Å². The minimum absolute atomic E-state index is 0.429. The average Bonchev–Trinajstić information content (AvgIpc) is 2.66. The Kier molecular flexibility index (Phi) is 4.17. The summed E-state index contributed by atoms with van der Waals surface area (Å²) in [7, 11) is 0. The summed E-state index contributed by atoms with van der Waals surface area (Å²) in [5.74, 6) is 0.981. The van der Waals surface area contributed by atoms with Crippen LogP contribution in [0.1, 0.15) is 51.9 Å². The van der Waals surface area contributed by atoms with E-state index >= 15 is 0 Å². The van der Waals surface area contributed by atoms with Crippen LogP contribution in [0.5, 0.6) is 0 Å². The van der Waals surface area contributed by atoms with Crippen molar-refractivity contribution in [3.63, 3.8) is 0 Å². The average molecular weight is 272 g/mol. The molecule has 0 aromatic carbocycles. The maximum atomic E-state index is 6.33. The SMILES string of the molecule is CC1C[NH+]2CC(Cl)CCC2N1CC1CCCCC1. The molecule has 4 unspecified atom stereocenters. The Balaban J connectivity index is 1.60. The number of fused-ring (bicyclic) bond motifs is 1. The molecule has 2 heterocycles. The molecule has 3 fully saturated rings. The van der Waals surface area contributed by atoms with E-state index in [-0.39, 0.29) is 0 Å². The van der Waals surface area contributed by atoms with Crippen LogP contribution in [0.2, 0.25) is 0 Å². The van der Waals surface area contributed by atoms with Crippen LogP contribution >= 0.6 is 11.6 Å². The lowest BCUT2D eigenvalue weighted by molar-refractivity contribution is -0.923. The molecule has 1 saturated carbocycles. The van der Waals surface area contributed by atoms with Crippen molar-refractivity contribution in [2.24, 2.45) is 5.92 Å².